The fourth-order valence-corrected chi connectivity index (χ4v) is 1.59. The van der Waals surface area contributed by atoms with Crippen molar-refractivity contribution in [3.8, 4) is 17.7 Å². The third-order valence-corrected chi connectivity index (χ3v) is 2.52. The Balaban J connectivity index is 1.84. The second-order valence-electron chi connectivity index (χ2n) is 3.95. The van der Waals surface area contributed by atoms with Crippen molar-refractivity contribution in [3.05, 3.63) is 72.2 Å². The summed E-state index contributed by atoms with van der Waals surface area (Å²) >= 11 is 0. The van der Waals surface area contributed by atoms with Crippen LogP contribution < -0.4 is 0 Å². The Morgan fingerprint density at radius 3 is 2.60 bits per heavy atom. The minimum absolute atomic E-state index is 0.379. The average molecular weight is 264 g/mol. The van der Waals surface area contributed by atoms with Gasteiger partial charge in [-0.3, -0.25) is 0 Å². The van der Waals surface area contributed by atoms with Crippen LogP contribution in [0.15, 0.2) is 55.0 Å². The van der Waals surface area contributed by atoms with E-state index in [-0.39, 0.29) is 5.82 Å². The lowest BCUT2D eigenvalue weighted by Crippen LogP contribution is -1.98. The van der Waals surface area contributed by atoms with Crippen LogP contribution in [-0.4, -0.2) is 19.7 Å². The molecule has 0 aromatic carbocycles. The number of nitrogens with zero attached hydrogens (tertiary/aromatic N) is 4. The van der Waals surface area contributed by atoms with E-state index in [4.69, 9.17) is 0 Å². The summed E-state index contributed by atoms with van der Waals surface area (Å²) in [6, 6.07) is 10.2. The molecule has 0 bridgehead atoms. The molecule has 0 aliphatic heterocycles. The number of halogens is 1. The maximum atomic E-state index is 12.8. The van der Waals surface area contributed by atoms with E-state index in [0.717, 1.165) is 6.20 Å². The monoisotopic (exact) mass is 264 g/mol. The summed E-state index contributed by atoms with van der Waals surface area (Å²) in [5, 5.41) is 4.26. The largest absolute Gasteiger partial charge is 0.248 e. The van der Waals surface area contributed by atoms with Gasteiger partial charge in [-0.15, -0.1) is 0 Å². The first kappa shape index (κ1) is 12.1. The van der Waals surface area contributed by atoms with Crippen molar-refractivity contribution in [1.29, 1.82) is 0 Å². The molecule has 0 spiro atoms. The first-order valence-electron chi connectivity index (χ1n) is 5.92. The van der Waals surface area contributed by atoms with Gasteiger partial charge in [0.15, 0.2) is 5.82 Å². The van der Waals surface area contributed by atoms with Crippen LogP contribution in [0.1, 0.15) is 11.4 Å². The number of hydrogen-bond acceptors (Lipinski definition) is 3. The lowest BCUT2D eigenvalue weighted by molar-refractivity contribution is 0.619. The molecule has 96 valence electrons. The van der Waals surface area contributed by atoms with Crippen molar-refractivity contribution in [2.24, 2.45) is 0 Å². The van der Waals surface area contributed by atoms with Gasteiger partial charge < -0.3 is 0 Å². The van der Waals surface area contributed by atoms with Crippen LogP contribution in [0.4, 0.5) is 4.39 Å². The van der Waals surface area contributed by atoms with Crippen molar-refractivity contribution in [2.75, 3.05) is 0 Å². The Hall–Kier alpha value is -3.00. The first-order valence-corrected chi connectivity index (χ1v) is 5.92. The molecule has 0 amide bonds. The summed E-state index contributed by atoms with van der Waals surface area (Å²) in [7, 11) is 0. The molecule has 3 aromatic heterocycles. The summed E-state index contributed by atoms with van der Waals surface area (Å²) in [5.41, 5.74) is 1.28. The van der Waals surface area contributed by atoms with Gasteiger partial charge in [0.05, 0.1) is 6.20 Å². The van der Waals surface area contributed by atoms with Crippen LogP contribution in [0, 0.1) is 17.7 Å². The molecule has 0 saturated carbocycles. The van der Waals surface area contributed by atoms with Gasteiger partial charge in [-0.1, -0.05) is 6.07 Å². The molecule has 4 nitrogen and oxygen atoms in total. The Labute approximate surface area is 114 Å². The molecular weight excluding hydrogens is 255 g/mol. The fourth-order valence-electron chi connectivity index (χ4n) is 1.59. The number of pyridine rings is 2. The summed E-state index contributed by atoms with van der Waals surface area (Å²) in [5.74, 6) is 5.99. The Bertz CT molecular complexity index is 767. The van der Waals surface area contributed by atoms with E-state index < -0.39 is 0 Å². The second kappa shape index (κ2) is 5.33. The molecule has 0 radical (unpaired) electrons. The number of rotatable bonds is 1. The minimum Gasteiger partial charge on any atom is -0.248 e. The first-order chi connectivity index (χ1) is 9.81. The van der Waals surface area contributed by atoms with Gasteiger partial charge in [-0.2, -0.15) is 5.10 Å². The molecular formula is C15H9FN4. The molecule has 5 heteroatoms. The van der Waals surface area contributed by atoms with Gasteiger partial charge >= 0.3 is 0 Å². The number of aromatic nitrogens is 4. The van der Waals surface area contributed by atoms with Crippen molar-refractivity contribution in [1.82, 2.24) is 19.7 Å². The molecule has 0 N–H and O–H groups in total. The fraction of sp³-hybridized carbons (Fsp3) is 0. The normalized spacial score (nSPS) is 9.85. The van der Waals surface area contributed by atoms with Crippen LogP contribution in [0.5, 0.6) is 0 Å². The second-order valence-corrected chi connectivity index (χ2v) is 3.95. The highest BCUT2D eigenvalue weighted by molar-refractivity contribution is 5.36. The van der Waals surface area contributed by atoms with E-state index in [0.29, 0.717) is 17.2 Å². The van der Waals surface area contributed by atoms with E-state index in [1.807, 2.05) is 18.2 Å². The van der Waals surface area contributed by atoms with Crippen LogP contribution in [0.3, 0.4) is 0 Å². The lowest BCUT2D eigenvalue weighted by Gasteiger charge is -1.98. The van der Waals surface area contributed by atoms with E-state index in [9.17, 15) is 4.39 Å². The van der Waals surface area contributed by atoms with Crippen LogP contribution in [-0.2, 0) is 0 Å². The van der Waals surface area contributed by atoms with Gasteiger partial charge in [-0.25, -0.2) is 19.0 Å². The van der Waals surface area contributed by atoms with Gasteiger partial charge in [0, 0.05) is 12.4 Å². The smallest absolute Gasteiger partial charge is 0.153 e. The molecule has 3 aromatic rings. The van der Waals surface area contributed by atoms with Crippen LogP contribution in [0.2, 0.25) is 0 Å². The van der Waals surface area contributed by atoms with E-state index >= 15 is 0 Å². The van der Waals surface area contributed by atoms with Crippen LogP contribution in [0.25, 0.3) is 5.82 Å². The van der Waals surface area contributed by atoms with Gasteiger partial charge in [0.2, 0.25) is 0 Å². The Morgan fingerprint density at radius 1 is 0.950 bits per heavy atom. The van der Waals surface area contributed by atoms with Gasteiger partial charge in [0.1, 0.15) is 17.2 Å². The van der Waals surface area contributed by atoms with Crippen LogP contribution >= 0.6 is 0 Å². The van der Waals surface area contributed by atoms with Gasteiger partial charge in [-0.05, 0) is 42.2 Å². The topological polar surface area (TPSA) is 43.6 Å². The van der Waals surface area contributed by atoms with E-state index in [1.54, 1.807) is 29.2 Å². The SMILES string of the molecule is Fc1ccc(-n2ccc(C#Cc3ccccn3)n2)nc1. The van der Waals surface area contributed by atoms with Crippen molar-refractivity contribution < 1.29 is 4.39 Å². The van der Waals surface area contributed by atoms with E-state index in [1.165, 1.54) is 6.07 Å². The highest BCUT2D eigenvalue weighted by Crippen LogP contribution is 2.05. The zero-order valence-corrected chi connectivity index (χ0v) is 10.4. The molecule has 0 atom stereocenters. The quantitative estimate of drug-likeness (QED) is 0.633. The average Bonchev–Trinajstić information content (AvgIpc) is 2.96. The predicted molar refractivity (Wildman–Crippen MR) is 71.5 cm³/mol. The van der Waals surface area contributed by atoms with Crippen molar-refractivity contribution >= 4 is 0 Å². The third-order valence-electron chi connectivity index (χ3n) is 2.52. The standard InChI is InChI=1S/C15H9FN4/c16-12-4-7-15(18-11-12)20-10-8-14(19-20)6-5-13-3-1-2-9-17-13/h1-4,7-11H. The highest BCUT2D eigenvalue weighted by Gasteiger charge is 2.00. The van der Waals surface area contributed by atoms with E-state index in [2.05, 4.69) is 26.9 Å². The molecule has 0 aliphatic carbocycles. The summed E-state index contributed by atoms with van der Waals surface area (Å²) < 4.78 is 14.3. The molecule has 0 aliphatic rings. The summed E-state index contributed by atoms with van der Waals surface area (Å²) in [6.07, 6.45) is 4.56. The summed E-state index contributed by atoms with van der Waals surface area (Å²) in [6.45, 7) is 0. The lowest BCUT2D eigenvalue weighted by atomic mass is 10.3. The Morgan fingerprint density at radius 2 is 1.85 bits per heavy atom. The molecule has 0 fully saturated rings. The maximum Gasteiger partial charge on any atom is 0.153 e. The van der Waals surface area contributed by atoms with Crippen molar-refractivity contribution in [3.63, 3.8) is 0 Å². The predicted octanol–water partition coefficient (Wildman–Crippen LogP) is 2.20. The summed E-state index contributed by atoms with van der Waals surface area (Å²) in [4.78, 5) is 8.05. The highest BCUT2D eigenvalue weighted by atomic mass is 19.1. The van der Waals surface area contributed by atoms with Crippen molar-refractivity contribution in [2.45, 2.75) is 0 Å². The maximum absolute atomic E-state index is 12.8. The molecule has 3 rings (SSSR count). The van der Waals surface area contributed by atoms with Gasteiger partial charge in [0.25, 0.3) is 0 Å². The third kappa shape index (κ3) is 2.70. The zero-order chi connectivity index (χ0) is 13.8. The Kier molecular flexibility index (Phi) is 3.21. The zero-order valence-electron chi connectivity index (χ0n) is 10.4. The molecule has 0 unspecified atom stereocenters. The molecule has 3 heterocycles. The molecule has 20 heavy (non-hydrogen) atoms. The molecule has 0 saturated heterocycles. The minimum atomic E-state index is -0.379. The number of hydrogen-bond donors (Lipinski definition) is 0.